The minimum atomic E-state index is 0.497. The minimum absolute atomic E-state index is 0.497. The zero-order chi connectivity index (χ0) is 16.2. The Morgan fingerprint density at radius 2 is 1.86 bits per heavy atom. The van der Waals surface area contributed by atoms with Gasteiger partial charge in [0, 0.05) is 11.9 Å². The molecule has 0 aliphatic rings. The van der Waals surface area contributed by atoms with Gasteiger partial charge in [0.15, 0.2) is 0 Å². The molecule has 0 atom stereocenters. The van der Waals surface area contributed by atoms with Gasteiger partial charge in [-0.05, 0) is 62.3 Å². The maximum Gasteiger partial charge on any atom is 0.0230 e. The Morgan fingerprint density at radius 3 is 2.33 bits per heavy atom. The van der Waals surface area contributed by atoms with E-state index in [1.807, 2.05) is 6.92 Å². The Labute approximate surface area is 129 Å². The molecule has 1 aromatic rings. The summed E-state index contributed by atoms with van der Waals surface area (Å²) in [6, 6.07) is 6.66. The first-order valence-electron chi connectivity index (χ1n) is 7.50. The summed E-state index contributed by atoms with van der Waals surface area (Å²) in [6.07, 6.45) is 2.10. The number of nitrogens with one attached hydrogen (secondary N) is 1. The van der Waals surface area contributed by atoms with Crippen molar-refractivity contribution in [1.82, 2.24) is 0 Å². The average molecular weight is 284 g/mol. The molecule has 21 heavy (non-hydrogen) atoms. The standard InChI is InChI=1S/C19H28N2/c1-12(2)19-9-13(3)7-8-18(19)15(5)14(4)10-17(11-20)16(6)21/h7-9,11-12,20H,10,21H2,1-6H3/b15-14-,17-16?,20-11?. The summed E-state index contributed by atoms with van der Waals surface area (Å²) in [5.41, 5.74) is 14.0. The highest BCUT2D eigenvalue weighted by atomic mass is 14.6. The second-order valence-electron chi connectivity index (χ2n) is 6.18. The molecule has 3 N–H and O–H groups in total. The first kappa shape index (κ1) is 17.2. The lowest BCUT2D eigenvalue weighted by Crippen LogP contribution is -2.02. The van der Waals surface area contributed by atoms with Gasteiger partial charge in [0.1, 0.15) is 0 Å². The summed E-state index contributed by atoms with van der Waals surface area (Å²) in [4.78, 5) is 0. The van der Waals surface area contributed by atoms with E-state index in [0.29, 0.717) is 5.92 Å². The van der Waals surface area contributed by atoms with Crippen LogP contribution in [-0.4, -0.2) is 6.21 Å². The van der Waals surface area contributed by atoms with Crippen LogP contribution in [0.1, 0.15) is 63.6 Å². The van der Waals surface area contributed by atoms with Crippen LogP contribution in [0, 0.1) is 12.3 Å². The molecule has 0 aromatic heterocycles. The van der Waals surface area contributed by atoms with Crippen LogP contribution in [-0.2, 0) is 0 Å². The number of hydrogen-bond donors (Lipinski definition) is 2. The Bertz CT molecular complexity index is 586. The monoisotopic (exact) mass is 284 g/mol. The van der Waals surface area contributed by atoms with Crippen molar-refractivity contribution >= 4 is 11.8 Å². The molecule has 0 amide bonds. The first-order valence-corrected chi connectivity index (χ1v) is 7.50. The average Bonchev–Trinajstić information content (AvgIpc) is 2.43. The minimum Gasteiger partial charge on any atom is -0.402 e. The van der Waals surface area contributed by atoms with E-state index >= 15 is 0 Å². The van der Waals surface area contributed by atoms with E-state index in [0.717, 1.165) is 17.7 Å². The summed E-state index contributed by atoms with van der Waals surface area (Å²) in [7, 11) is 0. The van der Waals surface area contributed by atoms with Crippen LogP contribution in [0.4, 0.5) is 0 Å². The van der Waals surface area contributed by atoms with Gasteiger partial charge in [0.25, 0.3) is 0 Å². The summed E-state index contributed by atoms with van der Waals surface area (Å²) in [6.45, 7) is 12.7. The van der Waals surface area contributed by atoms with E-state index in [1.54, 1.807) is 0 Å². The van der Waals surface area contributed by atoms with Gasteiger partial charge in [-0.3, -0.25) is 0 Å². The molecule has 1 rings (SSSR count). The largest absolute Gasteiger partial charge is 0.402 e. The molecule has 0 aliphatic heterocycles. The number of benzene rings is 1. The predicted molar refractivity (Wildman–Crippen MR) is 93.8 cm³/mol. The molecule has 114 valence electrons. The number of aryl methyl sites for hydroxylation is 1. The molecule has 1 aromatic carbocycles. The molecule has 0 fully saturated rings. The summed E-state index contributed by atoms with van der Waals surface area (Å²) < 4.78 is 0. The maximum absolute atomic E-state index is 7.48. The fraction of sp³-hybridized carbons (Fsp3) is 0.421. The molecular weight excluding hydrogens is 256 g/mol. The van der Waals surface area contributed by atoms with Gasteiger partial charge < -0.3 is 11.1 Å². The number of nitrogens with two attached hydrogens (primary N) is 1. The zero-order valence-corrected chi connectivity index (χ0v) is 14.2. The highest BCUT2D eigenvalue weighted by Gasteiger charge is 2.11. The van der Waals surface area contributed by atoms with E-state index in [2.05, 4.69) is 52.8 Å². The second-order valence-corrected chi connectivity index (χ2v) is 6.18. The lowest BCUT2D eigenvalue weighted by Gasteiger charge is -2.17. The molecular formula is C19H28N2. The third-order valence-electron chi connectivity index (χ3n) is 4.01. The van der Waals surface area contributed by atoms with Crippen LogP contribution in [0.5, 0.6) is 0 Å². The maximum atomic E-state index is 7.48. The van der Waals surface area contributed by atoms with E-state index < -0.39 is 0 Å². The van der Waals surface area contributed by atoms with Crippen molar-refractivity contribution in [2.24, 2.45) is 5.73 Å². The van der Waals surface area contributed by atoms with Gasteiger partial charge in [-0.2, -0.15) is 0 Å². The fourth-order valence-electron chi connectivity index (χ4n) is 2.45. The van der Waals surface area contributed by atoms with Crippen molar-refractivity contribution in [3.05, 3.63) is 51.7 Å². The van der Waals surface area contributed by atoms with Crippen LogP contribution in [0.2, 0.25) is 0 Å². The lowest BCUT2D eigenvalue weighted by molar-refractivity contribution is 0.860. The molecule has 2 heteroatoms. The molecule has 0 heterocycles. The van der Waals surface area contributed by atoms with Gasteiger partial charge in [0.2, 0.25) is 0 Å². The number of rotatable bonds is 5. The van der Waals surface area contributed by atoms with Crippen molar-refractivity contribution in [2.45, 2.75) is 53.9 Å². The van der Waals surface area contributed by atoms with Crippen LogP contribution in [0.3, 0.4) is 0 Å². The summed E-state index contributed by atoms with van der Waals surface area (Å²) >= 11 is 0. The second kappa shape index (κ2) is 7.26. The number of hydrogen-bond acceptors (Lipinski definition) is 2. The van der Waals surface area contributed by atoms with E-state index in [9.17, 15) is 0 Å². The van der Waals surface area contributed by atoms with Crippen LogP contribution < -0.4 is 5.73 Å². The van der Waals surface area contributed by atoms with Crippen LogP contribution >= 0.6 is 0 Å². The Kier molecular flexibility index (Phi) is 5.95. The van der Waals surface area contributed by atoms with E-state index in [4.69, 9.17) is 11.1 Å². The molecule has 0 unspecified atom stereocenters. The van der Waals surface area contributed by atoms with E-state index in [-0.39, 0.29) is 0 Å². The molecule has 2 nitrogen and oxygen atoms in total. The van der Waals surface area contributed by atoms with Crippen LogP contribution in [0.15, 0.2) is 35.0 Å². The van der Waals surface area contributed by atoms with Crippen molar-refractivity contribution in [1.29, 1.82) is 5.41 Å². The van der Waals surface area contributed by atoms with Crippen molar-refractivity contribution in [3.63, 3.8) is 0 Å². The number of allylic oxidation sites excluding steroid dienone is 4. The fourth-order valence-corrected chi connectivity index (χ4v) is 2.45. The molecule has 0 saturated carbocycles. The Morgan fingerprint density at radius 1 is 1.24 bits per heavy atom. The Hall–Kier alpha value is -1.83. The highest BCUT2D eigenvalue weighted by Crippen LogP contribution is 2.30. The quantitative estimate of drug-likeness (QED) is 0.719. The van der Waals surface area contributed by atoms with Crippen LogP contribution in [0.25, 0.3) is 5.57 Å². The highest BCUT2D eigenvalue weighted by molar-refractivity contribution is 5.79. The van der Waals surface area contributed by atoms with Gasteiger partial charge in [0.05, 0.1) is 0 Å². The molecule has 0 spiro atoms. The smallest absolute Gasteiger partial charge is 0.0230 e. The lowest BCUT2D eigenvalue weighted by atomic mass is 9.88. The normalized spacial score (nSPS) is 13.9. The van der Waals surface area contributed by atoms with Gasteiger partial charge in [-0.15, -0.1) is 0 Å². The van der Waals surface area contributed by atoms with E-state index in [1.165, 1.54) is 34.1 Å². The van der Waals surface area contributed by atoms with Crippen molar-refractivity contribution in [2.75, 3.05) is 0 Å². The van der Waals surface area contributed by atoms with Gasteiger partial charge in [-0.1, -0.05) is 43.2 Å². The third-order valence-corrected chi connectivity index (χ3v) is 4.01. The molecule has 0 bridgehead atoms. The Balaban J connectivity index is 3.29. The zero-order valence-electron chi connectivity index (χ0n) is 14.2. The van der Waals surface area contributed by atoms with Crippen molar-refractivity contribution in [3.8, 4) is 0 Å². The summed E-state index contributed by atoms with van der Waals surface area (Å²) in [5, 5.41) is 7.48. The van der Waals surface area contributed by atoms with Gasteiger partial charge >= 0.3 is 0 Å². The first-order chi connectivity index (χ1) is 9.77. The molecule has 0 radical (unpaired) electrons. The molecule has 0 saturated heterocycles. The topological polar surface area (TPSA) is 49.9 Å². The van der Waals surface area contributed by atoms with Crippen molar-refractivity contribution < 1.29 is 0 Å². The SMILES string of the molecule is CC(N)=C(C=N)C/C(C)=C(/C)c1ccc(C)cc1C(C)C. The summed E-state index contributed by atoms with van der Waals surface area (Å²) in [5.74, 6) is 0.497. The van der Waals surface area contributed by atoms with Gasteiger partial charge in [-0.25, -0.2) is 0 Å². The molecule has 0 aliphatic carbocycles. The predicted octanol–water partition coefficient (Wildman–Crippen LogP) is 5.18. The third kappa shape index (κ3) is 4.32.